The second kappa shape index (κ2) is 8.56. The molecule has 0 fully saturated rings. The van der Waals surface area contributed by atoms with Gasteiger partial charge in [-0.1, -0.05) is 23.7 Å². The predicted molar refractivity (Wildman–Crippen MR) is 106 cm³/mol. The van der Waals surface area contributed by atoms with E-state index in [4.69, 9.17) is 21.3 Å². The van der Waals surface area contributed by atoms with E-state index in [-0.39, 0.29) is 6.61 Å². The summed E-state index contributed by atoms with van der Waals surface area (Å²) in [6, 6.07) is 11.9. The van der Waals surface area contributed by atoms with Gasteiger partial charge in [-0.25, -0.2) is 4.98 Å². The number of aryl methyl sites for hydroxylation is 4. The van der Waals surface area contributed by atoms with E-state index >= 15 is 0 Å². The molecule has 0 atom stereocenters. The predicted octanol–water partition coefficient (Wildman–Crippen LogP) is 4.70. The summed E-state index contributed by atoms with van der Waals surface area (Å²) in [7, 11) is 0. The number of ether oxygens (including phenoxy) is 1. The zero-order valence-electron chi connectivity index (χ0n) is 15.3. The van der Waals surface area contributed by atoms with Crippen molar-refractivity contribution in [1.29, 1.82) is 0 Å². The minimum Gasteiger partial charge on any atom is -0.492 e. The largest absolute Gasteiger partial charge is 0.492 e. The first kappa shape index (κ1) is 18.7. The van der Waals surface area contributed by atoms with Crippen molar-refractivity contribution in [3.8, 4) is 5.75 Å². The van der Waals surface area contributed by atoms with Crippen LogP contribution in [0.25, 0.3) is 11.0 Å². The zero-order valence-corrected chi connectivity index (χ0v) is 16.1. The van der Waals surface area contributed by atoms with Gasteiger partial charge in [-0.15, -0.1) is 0 Å². The standard InChI is InChI=1S/C21H25ClN2O2/c1-15-13-18-19(14-16(15)2)24(21(23-18)9-5-11-25)10-6-12-26-20-8-4-3-7-17(20)22/h3-4,7-8,13-14,25H,5-6,9-12H2,1-2H3. The molecule has 0 aliphatic carbocycles. The van der Waals surface area contributed by atoms with E-state index in [9.17, 15) is 5.11 Å². The van der Waals surface area contributed by atoms with E-state index in [1.807, 2.05) is 24.3 Å². The fourth-order valence-electron chi connectivity index (χ4n) is 3.07. The zero-order chi connectivity index (χ0) is 18.5. The number of fused-ring (bicyclic) bond motifs is 1. The number of hydrogen-bond acceptors (Lipinski definition) is 3. The van der Waals surface area contributed by atoms with Gasteiger partial charge < -0.3 is 14.4 Å². The first-order valence-corrected chi connectivity index (χ1v) is 9.42. The third-order valence-corrected chi connectivity index (χ3v) is 4.93. The molecule has 0 bridgehead atoms. The molecule has 0 spiro atoms. The molecule has 1 heterocycles. The smallest absolute Gasteiger partial charge is 0.137 e. The van der Waals surface area contributed by atoms with Gasteiger partial charge in [0.05, 0.1) is 22.7 Å². The van der Waals surface area contributed by atoms with Crippen molar-refractivity contribution in [2.45, 2.75) is 39.7 Å². The molecule has 0 saturated carbocycles. The van der Waals surface area contributed by atoms with Crippen LogP contribution in [-0.2, 0) is 13.0 Å². The van der Waals surface area contributed by atoms with Crippen molar-refractivity contribution in [1.82, 2.24) is 9.55 Å². The molecule has 1 N–H and O–H groups in total. The number of benzene rings is 2. The Hall–Kier alpha value is -2.04. The highest BCUT2D eigenvalue weighted by Gasteiger charge is 2.12. The second-order valence-electron chi connectivity index (χ2n) is 6.56. The number of aromatic nitrogens is 2. The number of hydrogen-bond donors (Lipinski definition) is 1. The molecule has 2 aromatic carbocycles. The molecule has 0 aliphatic rings. The van der Waals surface area contributed by atoms with Crippen molar-refractivity contribution in [3.63, 3.8) is 0 Å². The van der Waals surface area contributed by atoms with Crippen LogP contribution in [0.4, 0.5) is 0 Å². The number of rotatable bonds is 8. The third kappa shape index (κ3) is 4.19. The Labute approximate surface area is 159 Å². The van der Waals surface area contributed by atoms with E-state index in [0.29, 0.717) is 11.6 Å². The number of aliphatic hydroxyl groups excluding tert-OH is 1. The molecule has 5 heteroatoms. The van der Waals surface area contributed by atoms with Gasteiger partial charge >= 0.3 is 0 Å². The van der Waals surface area contributed by atoms with Crippen LogP contribution in [0.2, 0.25) is 5.02 Å². The summed E-state index contributed by atoms with van der Waals surface area (Å²) < 4.78 is 8.06. The maximum atomic E-state index is 9.18. The molecule has 138 valence electrons. The van der Waals surface area contributed by atoms with Gasteiger partial charge in [-0.05, 0) is 62.1 Å². The van der Waals surface area contributed by atoms with Gasteiger partial charge in [-0.3, -0.25) is 0 Å². The summed E-state index contributed by atoms with van der Waals surface area (Å²) in [5.74, 6) is 1.74. The van der Waals surface area contributed by atoms with E-state index < -0.39 is 0 Å². The SMILES string of the molecule is Cc1cc2nc(CCCO)n(CCCOc3ccccc3Cl)c2cc1C. The van der Waals surface area contributed by atoms with Crippen LogP contribution in [0.5, 0.6) is 5.75 Å². The Bertz CT molecular complexity index is 889. The van der Waals surface area contributed by atoms with E-state index in [0.717, 1.165) is 48.4 Å². The van der Waals surface area contributed by atoms with Gasteiger partial charge in [0.2, 0.25) is 0 Å². The average Bonchev–Trinajstić information content (AvgIpc) is 2.95. The number of aliphatic hydroxyl groups is 1. The molecular weight excluding hydrogens is 348 g/mol. The van der Waals surface area contributed by atoms with Crippen molar-refractivity contribution in [2.75, 3.05) is 13.2 Å². The number of imidazole rings is 1. The molecule has 0 unspecified atom stereocenters. The molecular formula is C21H25ClN2O2. The first-order chi connectivity index (χ1) is 12.6. The van der Waals surface area contributed by atoms with Crippen LogP contribution >= 0.6 is 11.6 Å². The summed E-state index contributed by atoms with van der Waals surface area (Å²) in [4.78, 5) is 4.79. The van der Waals surface area contributed by atoms with E-state index in [1.54, 1.807) is 0 Å². The van der Waals surface area contributed by atoms with Gasteiger partial charge in [-0.2, -0.15) is 0 Å². The minimum atomic E-state index is 0.177. The highest BCUT2D eigenvalue weighted by atomic mass is 35.5. The Morgan fingerprint density at radius 2 is 1.88 bits per heavy atom. The first-order valence-electron chi connectivity index (χ1n) is 9.04. The van der Waals surface area contributed by atoms with Gasteiger partial charge in [0, 0.05) is 19.6 Å². The lowest BCUT2D eigenvalue weighted by Gasteiger charge is -2.11. The van der Waals surface area contributed by atoms with Crippen molar-refractivity contribution in [3.05, 3.63) is 58.4 Å². The summed E-state index contributed by atoms with van der Waals surface area (Å²) in [5.41, 5.74) is 4.68. The summed E-state index contributed by atoms with van der Waals surface area (Å²) in [6.07, 6.45) is 2.35. The van der Waals surface area contributed by atoms with Crippen LogP contribution in [0.15, 0.2) is 36.4 Å². The number of para-hydroxylation sites is 1. The van der Waals surface area contributed by atoms with Crippen LogP contribution in [0, 0.1) is 13.8 Å². The highest BCUT2D eigenvalue weighted by Crippen LogP contribution is 2.24. The second-order valence-corrected chi connectivity index (χ2v) is 6.97. The normalized spacial score (nSPS) is 11.2. The molecule has 0 aliphatic heterocycles. The van der Waals surface area contributed by atoms with Crippen molar-refractivity contribution in [2.24, 2.45) is 0 Å². The van der Waals surface area contributed by atoms with Crippen LogP contribution < -0.4 is 4.74 Å². The Balaban J connectivity index is 1.74. The summed E-state index contributed by atoms with van der Waals surface area (Å²) in [6.45, 7) is 5.83. The molecule has 4 nitrogen and oxygen atoms in total. The maximum Gasteiger partial charge on any atom is 0.137 e. The molecule has 26 heavy (non-hydrogen) atoms. The molecule has 0 saturated heterocycles. The number of nitrogens with zero attached hydrogens (tertiary/aromatic N) is 2. The van der Waals surface area contributed by atoms with Gasteiger partial charge in [0.15, 0.2) is 0 Å². The van der Waals surface area contributed by atoms with Crippen LogP contribution in [0.3, 0.4) is 0 Å². The minimum absolute atomic E-state index is 0.177. The molecule has 3 rings (SSSR count). The van der Waals surface area contributed by atoms with Crippen molar-refractivity contribution >= 4 is 22.6 Å². The Morgan fingerprint density at radius 1 is 1.12 bits per heavy atom. The van der Waals surface area contributed by atoms with Gasteiger partial charge in [0.25, 0.3) is 0 Å². The van der Waals surface area contributed by atoms with Crippen molar-refractivity contribution < 1.29 is 9.84 Å². The topological polar surface area (TPSA) is 47.3 Å². The lowest BCUT2D eigenvalue weighted by Crippen LogP contribution is -2.09. The highest BCUT2D eigenvalue weighted by molar-refractivity contribution is 6.32. The van der Waals surface area contributed by atoms with Gasteiger partial charge in [0.1, 0.15) is 11.6 Å². The molecule has 0 amide bonds. The summed E-state index contributed by atoms with van der Waals surface area (Å²) >= 11 is 6.13. The Kier molecular flexibility index (Phi) is 6.17. The maximum absolute atomic E-state index is 9.18. The molecule has 0 radical (unpaired) electrons. The summed E-state index contributed by atoms with van der Waals surface area (Å²) in [5, 5.41) is 9.81. The fraction of sp³-hybridized carbons (Fsp3) is 0.381. The fourth-order valence-corrected chi connectivity index (χ4v) is 3.26. The lowest BCUT2D eigenvalue weighted by atomic mass is 10.1. The van der Waals surface area contributed by atoms with E-state index in [2.05, 4.69) is 30.5 Å². The molecule has 1 aromatic heterocycles. The lowest BCUT2D eigenvalue weighted by molar-refractivity contribution is 0.285. The van der Waals surface area contributed by atoms with Crippen LogP contribution in [-0.4, -0.2) is 27.9 Å². The monoisotopic (exact) mass is 372 g/mol. The van der Waals surface area contributed by atoms with E-state index in [1.165, 1.54) is 11.1 Å². The Morgan fingerprint density at radius 3 is 2.65 bits per heavy atom. The number of halogens is 1. The third-order valence-electron chi connectivity index (χ3n) is 4.62. The quantitative estimate of drug-likeness (QED) is 0.583. The van der Waals surface area contributed by atoms with Crippen LogP contribution in [0.1, 0.15) is 29.8 Å². The average molecular weight is 373 g/mol. The molecule has 3 aromatic rings.